The lowest BCUT2D eigenvalue weighted by Gasteiger charge is -2.39. The van der Waals surface area contributed by atoms with Crippen molar-refractivity contribution in [2.75, 3.05) is 0 Å². The van der Waals surface area contributed by atoms with Crippen molar-refractivity contribution < 1.29 is 9.59 Å². The molecule has 2 aliphatic heterocycles. The molecule has 2 aromatic rings. The molecular formula is C18H20N4O2S. The topological polar surface area (TPSA) is 75.2 Å². The molecule has 4 heterocycles. The fourth-order valence-electron chi connectivity index (χ4n) is 3.92. The zero-order chi connectivity index (χ0) is 17.4. The minimum Gasteiger partial charge on any atom is -0.348 e. The zero-order valence-electron chi connectivity index (χ0n) is 14.0. The van der Waals surface area contributed by atoms with Gasteiger partial charge >= 0.3 is 0 Å². The maximum Gasteiger partial charge on any atom is 0.271 e. The van der Waals surface area contributed by atoms with Crippen LogP contribution >= 0.6 is 11.3 Å². The molecular weight excluding hydrogens is 336 g/mol. The number of nitrogens with zero attached hydrogens (tertiary/aromatic N) is 3. The number of thiophene rings is 1. The monoisotopic (exact) mass is 356 g/mol. The molecule has 25 heavy (non-hydrogen) atoms. The van der Waals surface area contributed by atoms with Crippen molar-refractivity contribution in [2.24, 2.45) is 0 Å². The Bertz CT molecular complexity index is 761. The quantitative estimate of drug-likeness (QED) is 0.916. The van der Waals surface area contributed by atoms with E-state index in [0.29, 0.717) is 5.69 Å². The number of hydrogen-bond acceptors (Lipinski definition) is 5. The molecule has 7 heteroatoms. The SMILES string of the molecule is Cc1cnc(C(=O)NC2C[C@H]3CC[C@@H](C2)N3C(=O)c2cccs2)cn1. The van der Waals surface area contributed by atoms with Crippen LogP contribution in [0, 0.1) is 6.92 Å². The summed E-state index contributed by atoms with van der Waals surface area (Å²) in [7, 11) is 0. The highest BCUT2D eigenvalue weighted by Crippen LogP contribution is 2.37. The lowest BCUT2D eigenvalue weighted by atomic mass is 9.97. The molecule has 2 aliphatic rings. The molecule has 0 saturated carbocycles. The first-order valence-electron chi connectivity index (χ1n) is 8.57. The van der Waals surface area contributed by atoms with Crippen molar-refractivity contribution in [3.63, 3.8) is 0 Å². The third kappa shape index (κ3) is 3.16. The predicted octanol–water partition coefficient (Wildman–Crippen LogP) is 2.41. The lowest BCUT2D eigenvalue weighted by molar-refractivity contribution is 0.0554. The van der Waals surface area contributed by atoms with Crippen LogP contribution in [0.2, 0.25) is 0 Å². The summed E-state index contributed by atoms with van der Waals surface area (Å²) in [6.45, 7) is 1.84. The van der Waals surface area contributed by atoms with E-state index in [9.17, 15) is 9.59 Å². The second-order valence-electron chi connectivity index (χ2n) is 6.76. The standard InChI is InChI=1S/C18H20N4O2S/c1-11-9-20-15(10-19-11)17(23)21-12-7-13-4-5-14(8-12)22(13)18(24)16-3-2-6-25-16/h2-3,6,9-10,12-14H,4-5,7-8H2,1H3,(H,21,23)/t12?,13-,14+. The Morgan fingerprint density at radius 2 is 1.96 bits per heavy atom. The van der Waals surface area contributed by atoms with Gasteiger partial charge in [-0.3, -0.25) is 14.6 Å². The maximum atomic E-state index is 12.7. The first-order chi connectivity index (χ1) is 12.1. The third-order valence-corrected chi connectivity index (χ3v) is 5.91. The Hall–Kier alpha value is -2.28. The van der Waals surface area contributed by atoms with E-state index in [2.05, 4.69) is 15.3 Å². The van der Waals surface area contributed by atoms with Crippen molar-refractivity contribution in [1.29, 1.82) is 0 Å². The number of amides is 2. The van der Waals surface area contributed by atoms with Gasteiger partial charge in [0, 0.05) is 24.3 Å². The summed E-state index contributed by atoms with van der Waals surface area (Å²) in [5, 5.41) is 5.01. The molecule has 0 radical (unpaired) electrons. The maximum absolute atomic E-state index is 12.7. The smallest absolute Gasteiger partial charge is 0.271 e. The van der Waals surface area contributed by atoms with Crippen molar-refractivity contribution in [1.82, 2.24) is 20.2 Å². The number of aromatic nitrogens is 2. The number of carbonyl (C=O) groups is 2. The van der Waals surface area contributed by atoms with E-state index in [1.807, 2.05) is 29.3 Å². The number of hydrogen-bond donors (Lipinski definition) is 1. The van der Waals surface area contributed by atoms with E-state index in [4.69, 9.17) is 0 Å². The summed E-state index contributed by atoms with van der Waals surface area (Å²) in [5.41, 5.74) is 1.13. The largest absolute Gasteiger partial charge is 0.348 e. The van der Waals surface area contributed by atoms with Gasteiger partial charge in [0.2, 0.25) is 0 Å². The van der Waals surface area contributed by atoms with E-state index in [1.165, 1.54) is 17.5 Å². The fraction of sp³-hybridized carbons (Fsp3) is 0.444. The second-order valence-corrected chi connectivity index (χ2v) is 7.71. The first kappa shape index (κ1) is 16.2. The van der Waals surface area contributed by atoms with Crippen LogP contribution in [0.1, 0.15) is 51.5 Å². The highest BCUT2D eigenvalue weighted by atomic mass is 32.1. The minimum atomic E-state index is -0.185. The molecule has 0 aliphatic carbocycles. The normalized spacial score (nSPS) is 25.0. The van der Waals surface area contributed by atoms with Gasteiger partial charge in [0.25, 0.3) is 11.8 Å². The van der Waals surface area contributed by atoms with Gasteiger partial charge < -0.3 is 10.2 Å². The summed E-state index contributed by atoms with van der Waals surface area (Å²) in [6, 6.07) is 4.30. The number of rotatable bonds is 3. The number of aryl methyl sites for hydroxylation is 1. The second kappa shape index (κ2) is 6.55. The Morgan fingerprint density at radius 3 is 2.56 bits per heavy atom. The molecule has 2 fully saturated rings. The molecule has 1 N–H and O–H groups in total. The average Bonchev–Trinajstić information content (AvgIpc) is 3.22. The van der Waals surface area contributed by atoms with E-state index in [0.717, 1.165) is 36.3 Å². The first-order valence-corrected chi connectivity index (χ1v) is 9.45. The van der Waals surface area contributed by atoms with Crippen molar-refractivity contribution in [3.05, 3.63) is 46.2 Å². The number of fused-ring (bicyclic) bond motifs is 2. The highest BCUT2D eigenvalue weighted by Gasteiger charge is 2.44. The number of piperidine rings is 1. The summed E-state index contributed by atoms with van der Waals surface area (Å²) in [5.74, 6) is -0.0494. The highest BCUT2D eigenvalue weighted by molar-refractivity contribution is 7.12. The van der Waals surface area contributed by atoms with Gasteiger partial charge in [0.1, 0.15) is 5.69 Å². The van der Waals surface area contributed by atoms with Crippen LogP contribution in [-0.4, -0.2) is 44.8 Å². The Labute approximate surface area is 150 Å². The molecule has 2 amide bonds. The van der Waals surface area contributed by atoms with Crippen LogP contribution in [0.5, 0.6) is 0 Å². The fourth-order valence-corrected chi connectivity index (χ4v) is 4.59. The number of nitrogens with one attached hydrogen (secondary N) is 1. The molecule has 2 bridgehead atoms. The molecule has 4 rings (SSSR count). The Balaban J connectivity index is 1.42. The van der Waals surface area contributed by atoms with E-state index in [-0.39, 0.29) is 29.9 Å². The summed E-state index contributed by atoms with van der Waals surface area (Å²) in [4.78, 5) is 36.2. The molecule has 6 nitrogen and oxygen atoms in total. The molecule has 0 aromatic carbocycles. The van der Waals surface area contributed by atoms with Crippen molar-refractivity contribution in [2.45, 2.75) is 50.7 Å². The van der Waals surface area contributed by atoms with Gasteiger partial charge in [-0.15, -0.1) is 11.3 Å². The van der Waals surface area contributed by atoms with Crippen molar-refractivity contribution >= 4 is 23.2 Å². The summed E-state index contributed by atoms with van der Waals surface area (Å²) >= 11 is 1.49. The predicted molar refractivity (Wildman–Crippen MR) is 94.6 cm³/mol. The third-order valence-electron chi connectivity index (χ3n) is 5.05. The van der Waals surface area contributed by atoms with Crippen LogP contribution in [0.3, 0.4) is 0 Å². The van der Waals surface area contributed by atoms with Gasteiger partial charge in [-0.25, -0.2) is 4.98 Å². The molecule has 130 valence electrons. The molecule has 1 unspecified atom stereocenters. The summed E-state index contributed by atoms with van der Waals surface area (Å²) < 4.78 is 0. The van der Waals surface area contributed by atoms with E-state index in [1.54, 1.807) is 6.20 Å². The lowest BCUT2D eigenvalue weighted by Crippen LogP contribution is -2.52. The van der Waals surface area contributed by atoms with Crippen LogP contribution in [0.4, 0.5) is 0 Å². The van der Waals surface area contributed by atoms with Gasteiger partial charge in [-0.1, -0.05) is 6.07 Å². The minimum absolute atomic E-state index is 0.0838. The van der Waals surface area contributed by atoms with Gasteiger partial charge in [-0.2, -0.15) is 0 Å². The number of carbonyl (C=O) groups excluding carboxylic acids is 2. The van der Waals surface area contributed by atoms with Gasteiger partial charge in [0.15, 0.2) is 0 Å². The van der Waals surface area contributed by atoms with E-state index < -0.39 is 0 Å². The van der Waals surface area contributed by atoms with Crippen LogP contribution in [0.15, 0.2) is 29.9 Å². The molecule has 2 saturated heterocycles. The zero-order valence-corrected chi connectivity index (χ0v) is 14.8. The van der Waals surface area contributed by atoms with E-state index >= 15 is 0 Å². The van der Waals surface area contributed by atoms with Crippen LogP contribution in [0.25, 0.3) is 0 Å². The average molecular weight is 356 g/mol. The molecule has 0 spiro atoms. The van der Waals surface area contributed by atoms with Crippen LogP contribution in [-0.2, 0) is 0 Å². The van der Waals surface area contributed by atoms with Gasteiger partial charge in [-0.05, 0) is 44.1 Å². The summed E-state index contributed by atoms with van der Waals surface area (Å²) in [6.07, 6.45) is 6.74. The van der Waals surface area contributed by atoms with Gasteiger partial charge in [0.05, 0.1) is 16.8 Å². The Kier molecular flexibility index (Phi) is 4.25. The molecule has 3 atom stereocenters. The Morgan fingerprint density at radius 1 is 1.20 bits per heavy atom. The van der Waals surface area contributed by atoms with Crippen molar-refractivity contribution in [3.8, 4) is 0 Å². The molecule has 2 aromatic heterocycles. The van der Waals surface area contributed by atoms with Crippen LogP contribution < -0.4 is 5.32 Å².